The minimum absolute atomic E-state index is 0.108. The largest absolute Gasteiger partial charge is 0.357 e. The maximum atomic E-state index is 11.6. The number of pyridine rings is 1. The Hall–Kier alpha value is -0.990. The maximum Gasteiger partial charge on any atom is 0.191 e. The van der Waals surface area contributed by atoms with Crippen molar-refractivity contribution in [3.63, 3.8) is 0 Å². The molecule has 1 N–H and O–H groups in total. The molecule has 0 atom stereocenters. The third kappa shape index (κ3) is 1.41. The van der Waals surface area contributed by atoms with E-state index < -0.39 is 0 Å². The number of aromatic amines is 1. The van der Waals surface area contributed by atoms with E-state index >= 15 is 0 Å². The van der Waals surface area contributed by atoms with Gasteiger partial charge in [0.05, 0.1) is 20.9 Å². The second-order valence-electron chi connectivity index (χ2n) is 3.10. The number of aryl methyl sites for hydroxylation is 1. The lowest BCUT2D eigenvalue weighted by molar-refractivity contribution is 1.24. The van der Waals surface area contributed by atoms with Gasteiger partial charge in [0, 0.05) is 11.8 Å². The van der Waals surface area contributed by atoms with Crippen LogP contribution in [-0.4, -0.2) is 4.98 Å². The van der Waals surface area contributed by atoms with Gasteiger partial charge >= 0.3 is 0 Å². The molecule has 2 nitrogen and oxygen atoms in total. The van der Waals surface area contributed by atoms with Gasteiger partial charge in [-0.15, -0.1) is 0 Å². The molecular formula is C10H7Cl2NO. The summed E-state index contributed by atoms with van der Waals surface area (Å²) in [6.07, 6.45) is 0. The molecule has 1 aromatic carbocycles. The van der Waals surface area contributed by atoms with Gasteiger partial charge in [0.2, 0.25) is 0 Å². The van der Waals surface area contributed by atoms with Gasteiger partial charge in [0.1, 0.15) is 0 Å². The van der Waals surface area contributed by atoms with Gasteiger partial charge in [-0.05, 0) is 19.1 Å². The first-order chi connectivity index (χ1) is 6.59. The summed E-state index contributed by atoms with van der Waals surface area (Å²) in [5.74, 6) is 0. The monoisotopic (exact) mass is 227 g/mol. The topological polar surface area (TPSA) is 32.9 Å². The molecule has 2 aromatic rings. The van der Waals surface area contributed by atoms with Crippen molar-refractivity contribution in [1.82, 2.24) is 4.98 Å². The smallest absolute Gasteiger partial charge is 0.191 e. The Kier molecular flexibility index (Phi) is 2.25. The quantitative estimate of drug-likeness (QED) is 0.738. The van der Waals surface area contributed by atoms with E-state index in [1.807, 2.05) is 0 Å². The number of fused-ring (bicyclic) bond motifs is 1. The lowest BCUT2D eigenvalue weighted by atomic mass is 10.2. The number of nitrogens with one attached hydrogen (secondary N) is 1. The summed E-state index contributed by atoms with van der Waals surface area (Å²) in [7, 11) is 0. The third-order valence-corrected chi connectivity index (χ3v) is 2.65. The molecule has 2 rings (SSSR count). The molecule has 0 aliphatic carbocycles. The zero-order valence-corrected chi connectivity index (χ0v) is 8.91. The summed E-state index contributed by atoms with van der Waals surface area (Å²) in [4.78, 5) is 14.6. The molecular weight excluding hydrogens is 221 g/mol. The molecule has 1 aromatic heterocycles. The van der Waals surface area contributed by atoms with Crippen LogP contribution in [0.25, 0.3) is 10.9 Å². The van der Waals surface area contributed by atoms with E-state index in [0.29, 0.717) is 20.9 Å². The van der Waals surface area contributed by atoms with Gasteiger partial charge < -0.3 is 4.98 Å². The minimum atomic E-state index is -0.108. The summed E-state index contributed by atoms with van der Waals surface area (Å²) in [5.41, 5.74) is 1.26. The number of H-pyrrole nitrogens is 1. The first kappa shape index (κ1) is 9.56. The van der Waals surface area contributed by atoms with Crippen molar-refractivity contribution in [3.05, 3.63) is 44.2 Å². The van der Waals surface area contributed by atoms with Crippen molar-refractivity contribution in [2.75, 3.05) is 0 Å². The molecule has 72 valence electrons. The van der Waals surface area contributed by atoms with E-state index in [4.69, 9.17) is 23.2 Å². The number of aromatic nitrogens is 1. The summed E-state index contributed by atoms with van der Waals surface area (Å²) < 4.78 is 0. The fourth-order valence-electron chi connectivity index (χ4n) is 1.42. The van der Waals surface area contributed by atoms with Crippen LogP contribution in [0.3, 0.4) is 0 Å². The van der Waals surface area contributed by atoms with Gasteiger partial charge in [-0.3, -0.25) is 4.79 Å². The number of halogens is 2. The average molecular weight is 228 g/mol. The molecule has 0 saturated carbocycles. The highest BCUT2D eigenvalue weighted by Crippen LogP contribution is 2.25. The highest BCUT2D eigenvalue weighted by molar-refractivity contribution is 6.39. The van der Waals surface area contributed by atoms with Crippen molar-refractivity contribution in [2.24, 2.45) is 0 Å². The van der Waals surface area contributed by atoms with E-state index in [9.17, 15) is 4.79 Å². The Morgan fingerprint density at radius 3 is 2.57 bits per heavy atom. The molecule has 0 bridgehead atoms. The fraction of sp³-hybridized carbons (Fsp3) is 0.100. The molecule has 0 amide bonds. The van der Waals surface area contributed by atoms with Gasteiger partial charge in [-0.25, -0.2) is 0 Å². The highest BCUT2D eigenvalue weighted by atomic mass is 35.5. The SMILES string of the molecule is Cc1cc(=O)c2c(Cl)ccc(Cl)c2[nH]1. The molecule has 0 fully saturated rings. The number of rotatable bonds is 0. The lowest BCUT2D eigenvalue weighted by Crippen LogP contribution is -2.03. The highest BCUT2D eigenvalue weighted by Gasteiger charge is 2.07. The molecule has 0 aliphatic heterocycles. The third-order valence-electron chi connectivity index (χ3n) is 2.02. The molecule has 1 heterocycles. The normalized spacial score (nSPS) is 10.8. The molecule has 4 heteroatoms. The second-order valence-corrected chi connectivity index (χ2v) is 3.91. The second kappa shape index (κ2) is 3.30. The summed E-state index contributed by atoms with van der Waals surface area (Å²) >= 11 is 11.9. The van der Waals surface area contributed by atoms with Gasteiger partial charge in [0.15, 0.2) is 5.43 Å². The van der Waals surface area contributed by atoms with Crippen LogP contribution in [0.5, 0.6) is 0 Å². The minimum Gasteiger partial charge on any atom is -0.357 e. The van der Waals surface area contributed by atoms with Crippen LogP contribution in [0.4, 0.5) is 0 Å². The van der Waals surface area contributed by atoms with Crippen LogP contribution in [0.15, 0.2) is 23.0 Å². The van der Waals surface area contributed by atoms with E-state index in [-0.39, 0.29) is 5.43 Å². The van der Waals surface area contributed by atoms with Crippen LogP contribution in [0.1, 0.15) is 5.69 Å². The Labute approximate surface area is 90.5 Å². The van der Waals surface area contributed by atoms with Crippen molar-refractivity contribution in [2.45, 2.75) is 6.92 Å². The van der Waals surface area contributed by atoms with Crippen LogP contribution in [0, 0.1) is 6.92 Å². The first-order valence-corrected chi connectivity index (χ1v) is 4.83. The van der Waals surface area contributed by atoms with Crippen molar-refractivity contribution >= 4 is 34.1 Å². The van der Waals surface area contributed by atoms with Crippen LogP contribution in [-0.2, 0) is 0 Å². The Morgan fingerprint density at radius 1 is 1.21 bits per heavy atom. The van der Waals surface area contributed by atoms with E-state index in [1.54, 1.807) is 19.1 Å². The molecule has 0 aliphatic rings. The number of hydrogen-bond acceptors (Lipinski definition) is 1. The molecule has 14 heavy (non-hydrogen) atoms. The van der Waals surface area contributed by atoms with Gasteiger partial charge in [-0.2, -0.15) is 0 Å². The zero-order valence-electron chi connectivity index (χ0n) is 7.40. The number of hydrogen-bond donors (Lipinski definition) is 1. The molecule has 0 saturated heterocycles. The molecule has 0 radical (unpaired) electrons. The van der Waals surface area contributed by atoms with Crippen molar-refractivity contribution < 1.29 is 0 Å². The Morgan fingerprint density at radius 2 is 1.86 bits per heavy atom. The van der Waals surface area contributed by atoms with Crippen LogP contribution < -0.4 is 5.43 Å². The van der Waals surface area contributed by atoms with Crippen molar-refractivity contribution in [1.29, 1.82) is 0 Å². The number of benzene rings is 1. The first-order valence-electron chi connectivity index (χ1n) is 4.07. The Balaban J connectivity index is 3.08. The molecule has 0 spiro atoms. The molecule has 0 unspecified atom stereocenters. The van der Waals surface area contributed by atoms with Crippen molar-refractivity contribution in [3.8, 4) is 0 Å². The van der Waals surface area contributed by atoms with E-state index in [2.05, 4.69) is 4.98 Å². The lowest BCUT2D eigenvalue weighted by Gasteiger charge is -2.03. The summed E-state index contributed by atoms with van der Waals surface area (Å²) in [5, 5.41) is 1.38. The zero-order chi connectivity index (χ0) is 10.3. The average Bonchev–Trinajstić information content (AvgIpc) is 2.10. The van der Waals surface area contributed by atoms with Gasteiger partial charge in [-0.1, -0.05) is 23.2 Å². The van der Waals surface area contributed by atoms with E-state index in [0.717, 1.165) is 5.69 Å². The Bertz CT molecular complexity index is 560. The summed E-state index contributed by atoms with van der Waals surface area (Å²) in [6.45, 7) is 1.80. The van der Waals surface area contributed by atoms with Crippen LogP contribution >= 0.6 is 23.2 Å². The van der Waals surface area contributed by atoms with Crippen LogP contribution in [0.2, 0.25) is 10.0 Å². The summed E-state index contributed by atoms with van der Waals surface area (Å²) in [6, 6.07) is 4.79. The van der Waals surface area contributed by atoms with E-state index in [1.165, 1.54) is 6.07 Å². The predicted molar refractivity (Wildman–Crippen MR) is 59.3 cm³/mol. The van der Waals surface area contributed by atoms with Gasteiger partial charge in [0.25, 0.3) is 0 Å². The standard InChI is InChI=1S/C10H7Cl2NO/c1-5-4-8(14)9-6(11)2-3-7(12)10(9)13-5/h2-4H,1H3,(H,13,14). The maximum absolute atomic E-state index is 11.6. The fourth-order valence-corrected chi connectivity index (χ4v) is 1.87. The predicted octanol–water partition coefficient (Wildman–Crippen LogP) is 3.14.